The number of hydrogen-bond acceptors (Lipinski definition) is 7. The standard InChI is InChI=1S/C24H26F6N4O5S/c1-6-14(16-9-12(10-39-16)11(2)3)32-21-18(20(24(28,29)30)40(37,38)33-21)31-15-8-7-13(23(25,26)27)17(19(15)35)22(36)34(4)5/h7-11,14,31,35H,6H2,1-5H3,(H,32,33). The van der Waals surface area contributed by atoms with Crippen molar-refractivity contribution in [3.63, 3.8) is 0 Å². The molecule has 0 bridgehead atoms. The number of sulfonamides is 1. The first-order chi connectivity index (χ1) is 18.3. The van der Waals surface area contributed by atoms with Gasteiger partial charge in [0.1, 0.15) is 17.5 Å². The van der Waals surface area contributed by atoms with E-state index in [1.54, 1.807) is 17.7 Å². The summed E-state index contributed by atoms with van der Waals surface area (Å²) in [6, 6.07) is 1.62. The molecule has 220 valence electrons. The number of amides is 1. The quantitative estimate of drug-likeness (QED) is 0.287. The minimum absolute atomic E-state index is 0.0447. The Hall–Kier alpha value is -3.69. The van der Waals surface area contributed by atoms with Crippen molar-refractivity contribution < 1.29 is 49.1 Å². The van der Waals surface area contributed by atoms with Crippen LogP contribution >= 0.6 is 0 Å². The number of halogens is 6. The lowest BCUT2D eigenvalue weighted by molar-refractivity contribution is -0.138. The highest BCUT2D eigenvalue weighted by molar-refractivity contribution is 7.94. The highest BCUT2D eigenvalue weighted by Gasteiger charge is 2.51. The molecule has 40 heavy (non-hydrogen) atoms. The zero-order valence-corrected chi connectivity index (χ0v) is 22.6. The molecule has 1 unspecified atom stereocenters. The van der Waals surface area contributed by atoms with Crippen LogP contribution in [0, 0.1) is 0 Å². The van der Waals surface area contributed by atoms with Crippen molar-refractivity contribution >= 4 is 27.5 Å². The van der Waals surface area contributed by atoms with Gasteiger partial charge in [-0.05, 0) is 36.1 Å². The van der Waals surface area contributed by atoms with Crippen molar-refractivity contribution in [3.8, 4) is 5.75 Å². The van der Waals surface area contributed by atoms with Crippen molar-refractivity contribution in [2.75, 3.05) is 19.4 Å². The van der Waals surface area contributed by atoms with E-state index in [-0.39, 0.29) is 18.1 Å². The van der Waals surface area contributed by atoms with Gasteiger partial charge in [0.05, 0.1) is 23.1 Å². The Morgan fingerprint density at radius 1 is 1.15 bits per heavy atom. The SMILES string of the molecule is CCC(N=C1NS(=O)(=O)C(C(F)(F)F)=C1Nc1ccc(C(F)(F)F)c(C(=O)N(C)C)c1O)c1cc(C(C)C)co1. The van der Waals surface area contributed by atoms with Crippen LogP contribution < -0.4 is 10.0 Å². The summed E-state index contributed by atoms with van der Waals surface area (Å²) in [5, 5.41) is 12.7. The van der Waals surface area contributed by atoms with Crippen molar-refractivity contribution in [1.29, 1.82) is 0 Å². The number of aromatic hydroxyl groups is 1. The van der Waals surface area contributed by atoms with Crippen LogP contribution in [0.5, 0.6) is 5.75 Å². The summed E-state index contributed by atoms with van der Waals surface area (Å²) >= 11 is 0. The number of phenols is 1. The lowest BCUT2D eigenvalue weighted by atomic mass is 10.0. The molecular formula is C24H26F6N4O5S. The second-order valence-corrected chi connectivity index (χ2v) is 11.0. The number of amidine groups is 1. The first-order valence-electron chi connectivity index (χ1n) is 11.7. The van der Waals surface area contributed by atoms with Crippen LogP contribution in [-0.4, -0.2) is 50.4 Å². The smallest absolute Gasteiger partial charge is 0.431 e. The summed E-state index contributed by atoms with van der Waals surface area (Å²) in [7, 11) is -3.04. The van der Waals surface area contributed by atoms with E-state index in [1.807, 2.05) is 13.8 Å². The third kappa shape index (κ3) is 6.05. The van der Waals surface area contributed by atoms with Gasteiger partial charge in [0.15, 0.2) is 16.5 Å². The predicted molar refractivity (Wildman–Crippen MR) is 133 cm³/mol. The van der Waals surface area contributed by atoms with Crippen molar-refractivity contribution in [1.82, 2.24) is 9.62 Å². The van der Waals surface area contributed by atoms with Gasteiger partial charge in [0.2, 0.25) is 0 Å². The number of nitrogens with one attached hydrogen (secondary N) is 2. The summed E-state index contributed by atoms with van der Waals surface area (Å²) < 4.78 is 115. The molecule has 1 aromatic heterocycles. The van der Waals surface area contributed by atoms with Crippen LogP contribution in [-0.2, 0) is 16.2 Å². The molecule has 1 amide bonds. The summed E-state index contributed by atoms with van der Waals surface area (Å²) in [6.07, 6.45) is -8.99. The van der Waals surface area contributed by atoms with Crippen molar-refractivity contribution in [3.05, 3.63) is 57.5 Å². The molecule has 1 aromatic carbocycles. The number of hydrogen-bond donors (Lipinski definition) is 3. The van der Waals surface area contributed by atoms with E-state index in [4.69, 9.17) is 4.42 Å². The lowest BCUT2D eigenvalue weighted by Gasteiger charge is -2.20. The van der Waals surface area contributed by atoms with Crippen LogP contribution in [0.3, 0.4) is 0 Å². The molecule has 1 aliphatic rings. The molecule has 16 heteroatoms. The fourth-order valence-corrected chi connectivity index (χ4v) is 5.07. The third-order valence-electron chi connectivity index (χ3n) is 5.89. The molecule has 2 heterocycles. The van der Waals surface area contributed by atoms with E-state index in [0.717, 1.165) is 24.6 Å². The predicted octanol–water partition coefficient (Wildman–Crippen LogP) is 5.50. The number of nitrogens with zero attached hydrogens (tertiary/aromatic N) is 2. The van der Waals surface area contributed by atoms with Gasteiger partial charge in [-0.3, -0.25) is 14.5 Å². The van der Waals surface area contributed by atoms with Crippen LogP contribution in [0.1, 0.15) is 66.4 Å². The number of anilines is 1. The Morgan fingerprint density at radius 2 is 1.77 bits per heavy atom. The van der Waals surface area contributed by atoms with Gasteiger partial charge in [0, 0.05) is 14.1 Å². The largest absolute Gasteiger partial charge is 0.505 e. The molecule has 0 spiro atoms. The normalized spacial score (nSPS) is 17.4. The average Bonchev–Trinajstić information content (AvgIpc) is 3.39. The van der Waals surface area contributed by atoms with Gasteiger partial charge in [-0.15, -0.1) is 0 Å². The summed E-state index contributed by atoms with van der Waals surface area (Å²) in [6.45, 7) is 5.37. The number of allylic oxidation sites excluding steroid dienone is 1. The van der Waals surface area contributed by atoms with Gasteiger partial charge >= 0.3 is 12.4 Å². The molecule has 0 saturated heterocycles. The number of rotatable bonds is 7. The molecule has 1 aliphatic heterocycles. The number of phenolic OH excluding ortho intramolecular Hbond substituents is 1. The molecule has 3 rings (SSSR count). The van der Waals surface area contributed by atoms with Gasteiger partial charge in [-0.25, -0.2) is 8.42 Å². The molecule has 0 aliphatic carbocycles. The minimum Gasteiger partial charge on any atom is -0.505 e. The average molecular weight is 597 g/mol. The number of aliphatic imine (C=N–C) groups is 1. The summed E-state index contributed by atoms with van der Waals surface area (Å²) in [5.41, 5.74) is -4.00. The molecule has 1 atom stereocenters. The third-order valence-corrected chi connectivity index (χ3v) is 7.33. The highest BCUT2D eigenvalue weighted by atomic mass is 32.2. The van der Waals surface area contributed by atoms with Crippen LogP contribution in [0.4, 0.5) is 32.0 Å². The number of carbonyl (C=O) groups excluding carboxylic acids is 1. The molecule has 9 nitrogen and oxygen atoms in total. The van der Waals surface area contributed by atoms with Crippen LogP contribution in [0.25, 0.3) is 0 Å². The second kappa shape index (κ2) is 10.7. The molecular weight excluding hydrogens is 570 g/mol. The molecule has 0 saturated carbocycles. The van der Waals surface area contributed by atoms with E-state index in [1.165, 1.54) is 6.26 Å². The maximum absolute atomic E-state index is 14.0. The van der Waals surface area contributed by atoms with E-state index >= 15 is 0 Å². The Kier molecular flexibility index (Phi) is 8.26. The molecule has 3 N–H and O–H groups in total. The zero-order valence-electron chi connectivity index (χ0n) is 21.8. The number of carbonyl (C=O) groups is 1. The molecule has 0 fully saturated rings. The maximum atomic E-state index is 14.0. The Bertz CT molecular complexity index is 1470. The topological polar surface area (TPSA) is 124 Å². The fourth-order valence-electron chi connectivity index (χ4n) is 3.83. The molecule has 2 aromatic rings. The maximum Gasteiger partial charge on any atom is 0.431 e. The molecule has 0 radical (unpaired) electrons. The Labute approximate surface area is 225 Å². The number of furan rings is 1. The zero-order chi connectivity index (χ0) is 30.4. The van der Waals surface area contributed by atoms with Gasteiger partial charge < -0.3 is 19.7 Å². The van der Waals surface area contributed by atoms with E-state index in [2.05, 4.69) is 10.3 Å². The van der Waals surface area contributed by atoms with Crippen molar-refractivity contribution in [2.24, 2.45) is 4.99 Å². The summed E-state index contributed by atoms with van der Waals surface area (Å²) in [4.78, 5) is 15.2. The highest BCUT2D eigenvalue weighted by Crippen LogP contribution is 2.42. The van der Waals surface area contributed by atoms with Crippen LogP contribution in [0.2, 0.25) is 0 Å². The van der Waals surface area contributed by atoms with Crippen molar-refractivity contribution in [2.45, 2.75) is 51.5 Å². The monoisotopic (exact) mass is 596 g/mol. The first kappa shape index (κ1) is 30.8. The van der Waals surface area contributed by atoms with Crippen LogP contribution in [0.15, 0.2) is 44.5 Å². The van der Waals surface area contributed by atoms with Gasteiger partial charge in [0.25, 0.3) is 15.9 Å². The Balaban J connectivity index is 2.23. The number of benzene rings is 1. The number of alkyl halides is 6. The minimum atomic E-state index is -5.48. The van der Waals surface area contributed by atoms with E-state index in [0.29, 0.717) is 12.1 Å². The van der Waals surface area contributed by atoms with Gasteiger partial charge in [-0.1, -0.05) is 20.8 Å². The fraction of sp³-hybridized carbons (Fsp3) is 0.417. The first-order valence-corrected chi connectivity index (χ1v) is 13.2. The lowest BCUT2D eigenvalue weighted by Crippen LogP contribution is -2.28. The van der Waals surface area contributed by atoms with E-state index < -0.39 is 73.3 Å². The Morgan fingerprint density at radius 3 is 2.25 bits per heavy atom. The van der Waals surface area contributed by atoms with E-state index in [9.17, 15) is 44.7 Å². The van der Waals surface area contributed by atoms with Gasteiger partial charge in [-0.2, -0.15) is 26.3 Å². The second-order valence-electron chi connectivity index (χ2n) is 9.35. The summed E-state index contributed by atoms with van der Waals surface area (Å²) in [5.74, 6) is -3.18.